The van der Waals surface area contributed by atoms with Crippen LogP contribution in [-0.2, 0) is 27.1 Å². The molecule has 4 aliphatic rings. The minimum atomic E-state index is -0.243. The van der Waals surface area contributed by atoms with E-state index in [1.807, 2.05) is 29.2 Å². The summed E-state index contributed by atoms with van der Waals surface area (Å²) in [6.07, 6.45) is 4.85. The molecule has 3 aliphatic heterocycles. The summed E-state index contributed by atoms with van der Waals surface area (Å²) in [5, 5.41) is 11.3. The number of amides is 1. The molecule has 11 nitrogen and oxygen atoms in total. The van der Waals surface area contributed by atoms with Crippen LogP contribution in [0.5, 0.6) is 0 Å². The Balaban J connectivity index is 1.02. The maximum Gasteiger partial charge on any atom is 0.338 e. The number of hydrogen-bond acceptors (Lipinski definition) is 9. The molecule has 5 heterocycles. The monoisotopic (exact) mass is 515 g/mol. The molecule has 3 aromatic rings. The van der Waals surface area contributed by atoms with E-state index in [1.54, 1.807) is 4.68 Å². The topological polar surface area (TPSA) is 116 Å². The number of carbonyl (C=O) groups excluding carboxylic acids is 2. The summed E-state index contributed by atoms with van der Waals surface area (Å²) < 4.78 is 13.0. The Morgan fingerprint density at radius 3 is 2.92 bits per heavy atom. The van der Waals surface area contributed by atoms with Gasteiger partial charge in [-0.2, -0.15) is 4.68 Å². The molecule has 38 heavy (non-hydrogen) atoms. The first-order valence-corrected chi connectivity index (χ1v) is 13.3. The van der Waals surface area contributed by atoms with Crippen molar-refractivity contribution in [2.75, 3.05) is 39.4 Å². The van der Waals surface area contributed by atoms with Crippen molar-refractivity contribution in [1.29, 1.82) is 0 Å². The second kappa shape index (κ2) is 9.55. The summed E-state index contributed by atoms with van der Waals surface area (Å²) in [6.45, 7) is 3.99. The molecule has 0 N–H and O–H groups in total. The molecule has 2 aromatic heterocycles. The van der Waals surface area contributed by atoms with Gasteiger partial charge in [-0.15, -0.1) is 5.10 Å². The van der Waals surface area contributed by atoms with Crippen molar-refractivity contribution in [3.05, 3.63) is 64.6 Å². The highest BCUT2D eigenvalue weighted by atomic mass is 16.5. The van der Waals surface area contributed by atoms with Gasteiger partial charge >= 0.3 is 5.97 Å². The number of morpholine rings is 1. The molecule has 1 aliphatic carbocycles. The first kappa shape index (κ1) is 23.4. The Labute approximate surface area is 219 Å². The fourth-order valence-electron chi connectivity index (χ4n) is 6.26. The van der Waals surface area contributed by atoms with E-state index in [0.29, 0.717) is 37.7 Å². The van der Waals surface area contributed by atoms with Crippen molar-refractivity contribution < 1.29 is 19.1 Å². The number of hydrogen-bond donors (Lipinski definition) is 0. The van der Waals surface area contributed by atoms with Gasteiger partial charge in [-0.05, 0) is 58.5 Å². The van der Waals surface area contributed by atoms with Gasteiger partial charge in [0, 0.05) is 38.3 Å². The molecule has 1 aromatic carbocycles. The average Bonchev–Trinajstić information content (AvgIpc) is 3.51. The second-order valence-electron chi connectivity index (χ2n) is 10.5. The fraction of sp³-hybridized carbons (Fsp3) is 0.481. The number of tetrazole rings is 1. The Bertz CT molecular complexity index is 1380. The zero-order valence-corrected chi connectivity index (χ0v) is 21.0. The number of benzene rings is 1. The standard InChI is InChI=1S/C27H29N7O4/c35-26(22-2-1-3-23-21(22)6-7-25(29-23)34-16-28-30-31-34)33-10-9-32-14-24(38-15-19(32)13-33)18-4-5-20-17(12-18)8-11-37-27(20)36/h4-7,12,16,19,22,24H,1-3,8-11,13-15H2/t19-,22?,24-/m0/s1. The van der Waals surface area contributed by atoms with Crippen LogP contribution in [-0.4, -0.2) is 92.3 Å². The van der Waals surface area contributed by atoms with E-state index in [4.69, 9.17) is 14.5 Å². The quantitative estimate of drug-likeness (QED) is 0.478. The van der Waals surface area contributed by atoms with Crippen LogP contribution >= 0.6 is 0 Å². The largest absolute Gasteiger partial charge is 0.462 e. The lowest BCUT2D eigenvalue weighted by Gasteiger charge is -2.47. The van der Waals surface area contributed by atoms with Crippen LogP contribution < -0.4 is 0 Å². The maximum absolute atomic E-state index is 13.7. The van der Waals surface area contributed by atoms with Crippen LogP contribution in [0, 0.1) is 0 Å². The molecule has 2 saturated heterocycles. The number of fused-ring (bicyclic) bond motifs is 3. The third kappa shape index (κ3) is 4.15. The maximum atomic E-state index is 13.7. The van der Waals surface area contributed by atoms with Crippen molar-refractivity contribution in [3.63, 3.8) is 0 Å². The smallest absolute Gasteiger partial charge is 0.338 e. The summed E-state index contributed by atoms with van der Waals surface area (Å²) in [4.78, 5) is 34.9. The normalized spacial score (nSPS) is 25.2. The molecule has 0 spiro atoms. The van der Waals surface area contributed by atoms with Crippen molar-refractivity contribution in [2.24, 2.45) is 0 Å². The SMILES string of the molecule is O=C1OCCc2cc([C@@H]3CN4CCN(C(=O)C5CCCc6nc(-n7cnnn7)ccc65)C[C@H]4CO3)ccc21. The van der Waals surface area contributed by atoms with E-state index in [2.05, 4.69) is 26.5 Å². The molecule has 3 atom stereocenters. The van der Waals surface area contributed by atoms with Gasteiger partial charge in [-0.3, -0.25) is 9.69 Å². The van der Waals surface area contributed by atoms with Crippen LogP contribution in [0.3, 0.4) is 0 Å². The van der Waals surface area contributed by atoms with Gasteiger partial charge in [0.05, 0.1) is 36.8 Å². The van der Waals surface area contributed by atoms with E-state index in [0.717, 1.165) is 61.2 Å². The lowest BCUT2D eigenvalue weighted by atomic mass is 9.84. The van der Waals surface area contributed by atoms with Crippen LogP contribution in [0.4, 0.5) is 0 Å². The van der Waals surface area contributed by atoms with Gasteiger partial charge in [0.25, 0.3) is 0 Å². The number of nitrogens with zero attached hydrogens (tertiary/aromatic N) is 7. The van der Waals surface area contributed by atoms with Crippen LogP contribution in [0.15, 0.2) is 36.7 Å². The van der Waals surface area contributed by atoms with E-state index in [-0.39, 0.29) is 29.9 Å². The highest BCUT2D eigenvalue weighted by Gasteiger charge is 2.38. The predicted molar refractivity (Wildman–Crippen MR) is 134 cm³/mol. The molecular weight excluding hydrogens is 486 g/mol. The molecule has 196 valence electrons. The van der Waals surface area contributed by atoms with Crippen molar-refractivity contribution >= 4 is 11.9 Å². The number of piperazine rings is 1. The summed E-state index contributed by atoms with van der Waals surface area (Å²) in [6, 6.07) is 10.0. The Hall–Kier alpha value is -3.70. The van der Waals surface area contributed by atoms with Crippen LogP contribution in [0.2, 0.25) is 0 Å². The molecule has 1 amide bonds. The summed E-state index contributed by atoms with van der Waals surface area (Å²) in [5.74, 6) is 0.446. The Kier molecular flexibility index (Phi) is 5.89. The van der Waals surface area contributed by atoms with E-state index in [1.165, 1.54) is 6.33 Å². The lowest BCUT2D eigenvalue weighted by molar-refractivity contribution is -0.142. The molecular formula is C27H29N7O4. The van der Waals surface area contributed by atoms with Crippen molar-refractivity contribution in [3.8, 4) is 5.82 Å². The highest BCUT2D eigenvalue weighted by Crippen LogP contribution is 2.34. The van der Waals surface area contributed by atoms with Gasteiger partial charge in [-0.1, -0.05) is 18.2 Å². The summed E-state index contributed by atoms with van der Waals surface area (Å²) in [7, 11) is 0. The minimum absolute atomic E-state index is 0.0394. The molecule has 0 bridgehead atoms. The molecule has 0 saturated carbocycles. The second-order valence-corrected chi connectivity index (χ2v) is 10.5. The molecule has 2 fully saturated rings. The summed E-state index contributed by atoms with van der Waals surface area (Å²) in [5.41, 5.74) is 4.78. The molecule has 0 radical (unpaired) electrons. The Morgan fingerprint density at radius 1 is 1.08 bits per heavy atom. The number of aryl methyl sites for hydroxylation is 1. The molecule has 7 rings (SSSR count). The predicted octanol–water partition coefficient (Wildman–Crippen LogP) is 1.47. The number of aromatic nitrogens is 5. The van der Waals surface area contributed by atoms with E-state index < -0.39 is 0 Å². The first-order chi connectivity index (χ1) is 18.6. The van der Waals surface area contributed by atoms with Crippen molar-refractivity contribution in [1.82, 2.24) is 35.0 Å². The number of ether oxygens (including phenoxy) is 2. The fourth-order valence-corrected chi connectivity index (χ4v) is 6.26. The number of rotatable bonds is 3. The lowest BCUT2D eigenvalue weighted by Crippen LogP contribution is -2.60. The zero-order chi connectivity index (χ0) is 25.6. The number of cyclic esters (lactones) is 1. The first-order valence-electron chi connectivity index (χ1n) is 13.3. The third-order valence-electron chi connectivity index (χ3n) is 8.29. The van der Waals surface area contributed by atoms with Gasteiger partial charge in [0.15, 0.2) is 5.82 Å². The summed E-state index contributed by atoms with van der Waals surface area (Å²) >= 11 is 0. The zero-order valence-electron chi connectivity index (χ0n) is 21.0. The number of esters is 1. The van der Waals surface area contributed by atoms with Gasteiger partial charge < -0.3 is 14.4 Å². The van der Waals surface area contributed by atoms with Gasteiger partial charge in [0.1, 0.15) is 6.33 Å². The third-order valence-corrected chi connectivity index (χ3v) is 8.29. The highest BCUT2D eigenvalue weighted by molar-refractivity contribution is 5.92. The minimum Gasteiger partial charge on any atom is -0.462 e. The van der Waals surface area contributed by atoms with E-state index in [9.17, 15) is 9.59 Å². The Morgan fingerprint density at radius 2 is 2.03 bits per heavy atom. The van der Waals surface area contributed by atoms with Crippen LogP contribution in [0.1, 0.15) is 57.6 Å². The van der Waals surface area contributed by atoms with Crippen LogP contribution in [0.25, 0.3) is 5.82 Å². The number of pyridine rings is 1. The van der Waals surface area contributed by atoms with Gasteiger partial charge in [0.2, 0.25) is 5.91 Å². The van der Waals surface area contributed by atoms with Gasteiger partial charge in [-0.25, -0.2) is 9.78 Å². The average molecular weight is 516 g/mol. The van der Waals surface area contributed by atoms with E-state index >= 15 is 0 Å². The molecule has 11 heteroatoms. The van der Waals surface area contributed by atoms with Crippen molar-refractivity contribution in [2.45, 2.75) is 43.7 Å². The molecule has 1 unspecified atom stereocenters. The number of carbonyl (C=O) groups is 2.